The van der Waals surface area contributed by atoms with Gasteiger partial charge in [-0.15, -0.1) is 0 Å². The SMILES string of the molecule is CC1=CC(=O)O[C@H]1O[C@H]1C[C@@H](C)CC[C@@H]1C(C)C. The highest BCUT2D eigenvalue weighted by molar-refractivity contribution is 5.85. The Morgan fingerprint density at radius 3 is 2.67 bits per heavy atom. The molecule has 0 aromatic heterocycles. The zero-order chi connectivity index (χ0) is 13.3. The third kappa shape index (κ3) is 2.94. The van der Waals surface area contributed by atoms with E-state index in [0.717, 1.165) is 12.0 Å². The molecule has 1 saturated carbocycles. The van der Waals surface area contributed by atoms with Gasteiger partial charge in [-0.3, -0.25) is 0 Å². The second kappa shape index (κ2) is 5.43. The molecule has 2 aliphatic rings. The predicted molar refractivity (Wildman–Crippen MR) is 69.9 cm³/mol. The maximum atomic E-state index is 11.2. The first kappa shape index (κ1) is 13.6. The van der Waals surface area contributed by atoms with E-state index in [2.05, 4.69) is 20.8 Å². The number of carbonyl (C=O) groups excluding carboxylic acids is 1. The molecule has 0 saturated heterocycles. The van der Waals surface area contributed by atoms with Crippen molar-refractivity contribution in [2.75, 3.05) is 0 Å². The van der Waals surface area contributed by atoms with Gasteiger partial charge in [-0.2, -0.15) is 0 Å². The van der Waals surface area contributed by atoms with Crippen molar-refractivity contribution in [3.8, 4) is 0 Å². The first-order valence-electron chi connectivity index (χ1n) is 7.01. The lowest BCUT2D eigenvalue weighted by atomic mass is 9.75. The van der Waals surface area contributed by atoms with Crippen LogP contribution in [0.2, 0.25) is 0 Å². The van der Waals surface area contributed by atoms with Crippen molar-refractivity contribution in [1.82, 2.24) is 0 Å². The molecular weight excluding hydrogens is 228 g/mol. The Morgan fingerprint density at radius 2 is 2.11 bits per heavy atom. The van der Waals surface area contributed by atoms with Gasteiger partial charge in [0.15, 0.2) is 0 Å². The molecule has 2 rings (SSSR count). The maximum absolute atomic E-state index is 11.2. The minimum Gasteiger partial charge on any atom is -0.428 e. The molecule has 0 amide bonds. The average molecular weight is 252 g/mol. The van der Waals surface area contributed by atoms with Crippen molar-refractivity contribution in [3.05, 3.63) is 11.6 Å². The number of hydrogen-bond acceptors (Lipinski definition) is 3. The largest absolute Gasteiger partial charge is 0.428 e. The summed E-state index contributed by atoms with van der Waals surface area (Å²) in [5, 5.41) is 0. The zero-order valence-electron chi connectivity index (χ0n) is 11.8. The van der Waals surface area contributed by atoms with Crippen molar-refractivity contribution >= 4 is 5.97 Å². The summed E-state index contributed by atoms with van der Waals surface area (Å²) < 4.78 is 11.3. The summed E-state index contributed by atoms with van der Waals surface area (Å²) in [6.45, 7) is 8.67. The van der Waals surface area contributed by atoms with E-state index in [-0.39, 0.29) is 12.1 Å². The fraction of sp³-hybridized carbons (Fsp3) is 0.800. The van der Waals surface area contributed by atoms with E-state index in [4.69, 9.17) is 9.47 Å². The molecule has 18 heavy (non-hydrogen) atoms. The van der Waals surface area contributed by atoms with Crippen LogP contribution >= 0.6 is 0 Å². The molecule has 0 aromatic rings. The van der Waals surface area contributed by atoms with E-state index in [1.165, 1.54) is 18.9 Å². The summed E-state index contributed by atoms with van der Waals surface area (Å²) in [4.78, 5) is 11.2. The first-order valence-corrected chi connectivity index (χ1v) is 7.01. The molecule has 0 unspecified atom stereocenters. The molecule has 102 valence electrons. The lowest BCUT2D eigenvalue weighted by Gasteiger charge is -2.38. The summed E-state index contributed by atoms with van der Waals surface area (Å²) in [6, 6.07) is 0. The molecule has 1 aliphatic heterocycles. The minimum atomic E-state index is -0.450. The third-order valence-electron chi connectivity index (χ3n) is 4.20. The standard InChI is InChI=1S/C15H24O3/c1-9(2)12-6-5-10(3)7-13(12)17-15-11(4)8-14(16)18-15/h8-10,12-13,15H,5-7H2,1-4H3/t10-,12+,13-,15+/m0/s1. The van der Waals surface area contributed by atoms with Crippen LogP contribution in [0.25, 0.3) is 0 Å². The molecule has 0 bridgehead atoms. The van der Waals surface area contributed by atoms with Gasteiger partial charge in [-0.1, -0.05) is 27.2 Å². The lowest BCUT2D eigenvalue weighted by Crippen LogP contribution is -2.37. The van der Waals surface area contributed by atoms with Gasteiger partial charge in [0.2, 0.25) is 6.29 Å². The molecule has 3 heteroatoms. The van der Waals surface area contributed by atoms with Crippen LogP contribution < -0.4 is 0 Å². The molecular formula is C15H24O3. The average Bonchev–Trinajstić information content (AvgIpc) is 2.57. The molecule has 0 aromatic carbocycles. The summed E-state index contributed by atoms with van der Waals surface area (Å²) >= 11 is 0. The van der Waals surface area contributed by atoms with Crippen LogP contribution in [0.15, 0.2) is 11.6 Å². The lowest BCUT2D eigenvalue weighted by molar-refractivity contribution is -0.180. The van der Waals surface area contributed by atoms with E-state index >= 15 is 0 Å². The van der Waals surface area contributed by atoms with Crippen LogP contribution in [0.5, 0.6) is 0 Å². The predicted octanol–water partition coefficient (Wildman–Crippen LogP) is 3.29. The summed E-state index contributed by atoms with van der Waals surface area (Å²) in [5.41, 5.74) is 0.890. The van der Waals surface area contributed by atoms with Crippen molar-refractivity contribution in [2.45, 2.75) is 59.4 Å². The second-order valence-corrected chi connectivity index (χ2v) is 6.16. The summed E-state index contributed by atoms with van der Waals surface area (Å²) in [5.74, 6) is 1.62. The Labute approximate surface area is 110 Å². The van der Waals surface area contributed by atoms with E-state index in [9.17, 15) is 4.79 Å². The highest BCUT2D eigenvalue weighted by atomic mass is 16.7. The smallest absolute Gasteiger partial charge is 0.333 e. The molecule has 0 radical (unpaired) electrons. The van der Waals surface area contributed by atoms with Crippen molar-refractivity contribution < 1.29 is 14.3 Å². The normalized spacial score (nSPS) is 36.7. The fourth-order valence-corrected chi connectivity index (χ4v) is 3.05. The van der Waals surface area contributed by atoms with Gasteiger partial charge in [0.25, 0.3) is 0 Å². The fourth-order valence-electron chi connectivity index (χ4n) is 3.05. The molecule has 4 atom stereocenters. The Balaban J connectivity index is 2.01. The summed E-state index contributed by atoms with van der Waals surface area (Å²) in [6.07, 6.45) is 4.86. The maximum Gasteiger partial charge on any atom is 0.333 e. The van der Waals surface area contributed by atoms with Crippen molar-refractivity contribution in [2.24, 2.45) is 17.8 Å². The van der Waals surface area contributed by atoms with Gasteiger partial charge in [-0.25, -0.2) is 4.79 Å². The monoisotopic (exact) mass is 252 g/mol. The number of ether oxygens (including phenoxy) is 2. The van der Waals surface area contributed by atoms with Crippen LogP contribution in [0, 0.1) is 17.8 Å². The highest BCUT2D eigenvalue weighted by Crippen LogP contribution is 2.37. The topological polar surface area (TPSA) is 35.5 Å². The van der Waals surface area contributed by atoms with Gasteiger partial charge >= 0.3 is 5.97 Å². The van der Waals surface area contributed by atoms with Crippen LogP contribution in [-0.4, -0.2) is 18.4 Å². The quantitative estimate of drug-likeness (QED) is 0.723. The highest BCUT2D eigenvalue weighted by Gasteiger charge is 2.35. The Morgan fingerprint density at radius 1 is 1.39 bits per heavy atom. The van der Waals surface area contributed by atoms with Gasteiger partial charge < -0.3 is 9.47 Å². The molecule has 1 aliphatic carbocycles. The zero-order valence-corrected chi connectivity index (χ0v) is 11.8. The van der Waals surface area contributed by atoms with Crippen LogP contribution in [0.1, 0.15) is 47.0 Å². The van der Waals surface area contributed by atoms with Crippen LogP contribution in [0.4, 0.5) is 0 Å². The van der Waals surface area contributed by atoms with Crippen molar-refractivity contribution in [3.63, 3.8) is 0 Å². The number of carbonyl (C=O) groups is 1. The third-order valence-corrected chi connectivity index (χ3v) is 4.20. The van der Waals surface area contributed by atoms with Crippen LogP contribution in [0.3, 0.4) is 0 Å². The summed E-state index contributed by atoms with van der Waals surface area (Å²) in [7, 11) is 0. The van der Waals surface area contributed by atoms with Gasteiger partial charge in [-0.05, 0) is 37.5 Å². The van der Waals surface area contributed by atoms with Crippen LogP contribution in [-0.2, 0) is 14.3 Å². The molecule has 0 N–H and O–H groups in total. The first-order chi connectivity index (χ1) is 8.47. The van der Waals surface area contributed by atoms with Gasteiger partial charge in [0.1, 0.15) is 0 Å². The Hall–Kier alpha value is -0.830. The molecule has 3 nitrogen and oxygen atoms in total. The second-order valence-electron chi connectivity index (χ2n) is 6.16. The van der Waals surface area contributed by atoms with Crippen molar-refractivity contribution in [1.29, 1.82) is 0 Å². The minimum absolute atomic E-state index is 0.216. The van der Waals surface area contributed by atoms with Gasteiger partial charge in [0, 0.05) is 11.6 Å². The van der Waals surface area contributed by atoms with E-state index in [1.54, 1.807) is 0 Å². The number of rotatable bonds is 3. The number of hydrogen-bond donors (Lipinski definition) is 0. The molecule has 1 heterocycles. The number of esters is 1. The Kier molecular flexibility index (Phi) is 4.10. The van der Waals surface area contributed by atoms with E-state index in [0.29, 0.717) is 17.8 Å². The Bertz CT molecular complexity index is 346. The molecule has 0 spiro atoms. The van der Waals surface area contributed by atoms with E-state index in [1.807, 2.05) is 6.92 Å². The number of cyclic esters (lactones) is 1. The molecule has 1 fully saturated rings. The van der Waals surface area contributed by atoms with Gasteiger partial charge in [0.05, 0.1) is 6.10 Å². The van der Waals surface area contributed by atoms with E-state index < -0.39 is 6.29 Å².